The van der Waals surface area contributed by atoms with E-state index < -0.39 is 9.84 Å². The highest BCUT2D eigenvalue weighted by molar-refractivity contribution is 7.91. The topological polar surface area (TPSA) is 83.5 Å². The molecule has 0 bridgehead atoms. The first-order chi connectivity index (χ1) is 7.96. The van der Waals surface area contributed by atoms with Crippen molar-refractivity contribution in [2.75, 3.05) is 18.1 Å². The van der Waals surface area contributed by atoms with E-state index in [-0.39, 0.29) is 36.0 Å². The Balaban J connectivity index is 2.33. The van der Waals surface area contributed by atoms with Crippen molar-refractivity contribution in [3.63, 3.8) is 0 Å². The summed E-state index contributed by atoms with van der Waals surface area (Å²) in [6, 6.07) is -0.185. The number of hydrogen-bond acceptors (Lipinski definition) is 4. The summed E-state index contributed by atoms with van der Waals surface area (Å²) < 4.78 is 22.4. The Bertz CT molecular complexity index is 334. The number of rotatable bonds is 5. The number of sulfone groups is 1. The third kappa shape index (κ3) is 5.04. The second-order valence-corrected chi connectivity index (χ2v) is 6.96. The molecule has 1 aliphatic rings. The molecule has 5 nitrogen and oxygen atoms in total. The van der Waals surface area contributed by atoms with Gasteiger partial charge in [0.25, 0.3) is 0 Å². The largest absolute Gasteiger partial charge is 0.394 e. The van der Waals surface area contributed by atoms with E-state index in [0.29, 0.717) is 25.7 Å². The minimum atomic E-state index is -2.86. The molecule has 1 saturated heterocycles. The normalized spacial score (nSPS) is 22.0. The van der Waals surface area contributed by atoms with E-state index in [4.69, 9.17) is 5.11 Å². The molecule has 0 saturated carbocycles. The van der Waals surface area contributed by atoms with Crippen molar-refractivity contribution in [3.8, 4) is 0 Å². The summed E-state index contributed by atoms with van der Waals surface area (Å²) in [5.74, 6) is 0.467. The maximum atomic E-state index is 11.6. The average Bonchev–Trinajstić information content (AvgIpc) is 2.29. The molecular formula is C11H21NO4S. The van der Waals surface area contributed by atoms with Gasteiger partial charge in [0, 0.05) is 6.42 Å². The molecule has 1 heterocycles. The molecule has 0 spiro atoms. The van der Waals surface area contributed by atoms with Crippen LogP contribution in [-0.4, -0.2) is 43.6 Å². The zero-order valence-electron chi connectivity index (χ0n) is 10.2. The molecule has 1 rings (SSSR count). The summed E-state index contributed by atoms with van der Waals surface area (Å²) in [6.07, 6.45) is 2.21. The van der Waals surface area contributed by atoms with Crippen molar-refractivity contribution < 1.29 is 18.3 Å². The lowest BCUT2D eigenvalue weighted by Gasteiger charge is -2.22. The van der Waals surface area contributed by atoms with Gasteiger partial charge in [0.05, 0.1) is 24.2 Å². The highest BCUT2D eigenvalue weighted by atomic mass is 32.2. The maximum absolute atomic E-state index is 11.6. The molecule has 0 aromatic heterocycles. The van der Waals surface area contributed by atoms with Gasteiger partial charge in [-0.05, 0) is 25.2 Å². The fraction of sp³-hybridized carbons (Fsp3) is 0.909. The number of amides is 1. The molecule has 1 amide bonds. The summed E-state index contributed by atoms with van der Waals surface area (Å²) >= 11 is 0. The Morgan fingerprint density at radius 1 is 1.41 bits per heavy atom. The first kappa shape index (κ1) is 14.4. The third-order valence-electron chi connectivity index (χ3n) is 3.23. The lowest BCUT2D eigenvalue weighted by atomic mass is 9.98. The van der Waals surface area contributed by atoms with Gasteiger partial charge in [-0.25, -0.2) is 8.42 Å². The summed E-state index contributed by atoms with van der Waals surface area (Å²) in [5, 5.41) is 11.7. The Labute approximate surface area is 103 Å². The molecule has 0 aromatic rings. The van der Waals surface area contributed by atoms with Crippen LogP contribution < -0.4 is 5.32 Å². The monoisotopic (exact) mass is 263 g/mol. The number of nitrogens with one attached hydrogen (secondary N) is 1. The van der Waals surface area contributed by atoms with E-state index in [1.165, 1.54) is 0 Å². The van der Waals surface area contributed by atoms with Gasteiger partial charge in [-0.1, -0.05) is 6.92 Å². The summed E-state index contributed by atoms with van der Waals surface area (Å²) in [5.41, 5.74) is 0. The molecule has 1 aliphatic heterocycles. The van der Waals surface area contributed by atoms with Gasteiger partial charge in [-0.3, -0.25) is 4.79 Å². The van der Waals surface area contributed by atoms with Crippen LogP contribution in [0.15, 0.2) is 0 Å². The number of carbonyl (C=O) groups excluding carboxylic acids is 1. The number of carbonyl (C=O) groups is 1. The number of hydrogen-bond donors (Lipinski definition) is 2. The molecule has 1 unspecified atom stereocenters. The van der Waals surface area contributed by atoms with Crippen molar-refractivity contribution >= 4 is 15.7 Å². The fourth-order valence-corrected chi connectivity index (χ4v) is 3.56. The van der Waals surface area contributed by atoms with Crippen LogP contribution in [0.5, 0.6) is 0 Å². The highest BCUT2D eigenvalue weighted by Crippen LogP contribution is 2.21. The van der Waals surface area contributed by atoms with Gasteiger partial charge in [0.2, 0.25) is 5.91 Å². The highest BCUT2D eigenvalue weighted by Gasteiger charge is 2.25. The van der Waals surface area contributed by atoms with Crippen LogP contribution in [0.2, 0.25) is 0 Å². The summed E-state index contributed by atoms with van der Waals surface area (Å²) in [7, 11) is -2.86. The Morgan fingerprint density at radius 3 is 2.47 bits per heavy atom. The van der Waals surface area contributed by atoms with E-state index in [1.54, 1.807) is 0 Å². The summed E-state index contributed by atoms with van der Waals surface area (Å²) in [4.78, 5) is 11.6. The van der Waals surface area contributed by atoms with Gasteiger partial charge < -0.3 is 10.4 Å². The van der Waals surface area contributed by atoms with Crippen LogP contribution in [0.3, 0.4) is 0 Å². The zero-order valence-corrected chi connectivity index (χ0v) is 11.0. The predicted molar refractivity (Wildman–Crippen MR) is 65.3 cm³/mol. The van der Waals surface area contributed by atoms with Crippen molar-refractivity contribution in [1.82, 2.24) is 5.32 Å². The van der Waals surface area contributed by atoms with Crippen molar-refractivity contribution in [2.24, 2.45) is 5.92 Å². The van der Waals surface area contributed by atoms with Crippen LogP contribution in [0.25, 0.3) is 0 Å². The second-order valence-electron chi connectivity index (χ2n) is 4.65. The minimum absolute atomic E-state index is 0.0543. The molecule has 100 valence electrons. The smallest absolute Gasteiger partial charge is 0.220 e. The lowest BCUT2D eigenvalue weighted by Crippen LogP contribution is -2.38. The van der Waals surface area contributed by atoms with Crippen LogP contribution in [-0.2, 0) is 14.6 Å². The van der Waals surface area contributed by atoms with Crippen LogP contribution in [0.4, 0.5) is 0 Å². The predicted octanol–water partition coefficient (Wildman–Crippen LogP) is 0.0884. The van der Waals surface area contributed by atoms with E-state index >= 15 is 0 Å². The van der Waals surface area contributed by atoms with Crippen LogP contribution >= 0.6 is 0 Å². The first-order valence-electron chi connectivity index (χ1n) is 6.07. The Hall–Kier alpha value is -0.620. The molecule has 1 fully saturated rings. The second kappa shape index (κ2) is 6.35. The molecule has 0 aliphatic carbocycles. The van der Waals surface area contributed by atoms with E-state index in [9.17, 15) is 13.2 Å². The van der Waals surface area contributed by atoms with Gasteiger partial charge >= 0.3 is 0 Å². The molecule has 0 radical (unpaired) electrons. The van der Waals surface area contributed by atoms with Crippen LogP contribution in [0, 0.1) is 5.92 Å². The zero-order chi connectivity index (χ0) is 12.9. The molecule has 17 heavy (non-hydrogen) atoms. The molecule has 0 aromatic carbocycles. The van der Waals surface area contributed by atoms with Gasteiger partial charge in [-0.15, -0.1) is 0 Å². The average molecular weight is 263 g/mol. The first-order valence-corrected chi connectivity index (χ1v) is 7.89. The van der Waals surface area contributed by atoms with E-state index in [1.807, 2.05) is 6.92 Å². The lowest BCUT2D eigenvalue weighted by molar-refractivity contribution is -0.123. The number of aliphatic hydroxyl groups is 1. The van der Waals surface area contributed by atoms with Gasteiger partial charge in [-0.2, -0.15) is 0 Å². The van der Waals surface area contributed by atoms with Crippen molar-refractivity contribution in [2.45, 2.75) is 38.6 Å². The quantitative estimate of drug-likeness (QED) is 0.736. The SMILES string of the molecule is CCC(CO)NC(=O)CC1CCS(=O)(=O)CC1. The standard InChI is InChI=1S/C11H21NO4S/c1-2-10(8-13)12-11(14)7-9-3-5-17(15,16)6-4-9/h9-10,13H,2-8H2,1H3,(H,12,14). The van der Waals surface area contributed by atoms with Crippen molar-refractivity contribution in [3.05, 3.63) is 0 Å². The van der Waals surface area contributed by atoms with Gasteiger partial charge in [0.15, 0.2) is 0 Å². The van der Waals surface area contributed by atoms with Crippen LogP contribution in [0.1, 0.15) is 32.6 Å². The van der Waals surface area contributed by atoms with Gasteiger partial charge in [0.1, 0.15) is 9.84 Å². The molecular weight excluding hydrogens is 242 g/mol. The third-order valence-corrected chi connectivity index (χ3v) is 4.94. The maximum Gasteiger partial charge on any atom is 0.220 e. The van der Waals surface area contributed by atoms with E-state index in [2.05, 4.69) is 5.32 Å². The fourth-order valence-electron chi connectivity index (χ4n) is 1.97. The molecule has 1 atom stereocenters. The van der Waals surface area contributed by atoms with Crippen molar-refractivity contribution in [1.29, 1.82) is 0 Å². The summed E-state index contributed by atoms with van der Waals surface area (Å²) in [6.45, 7) is 1.84. The molecule has 6 heteroatoms. The molecule has 2 N–H and O–H groups in total. The minimum Gasteiger partial charge on any atom is -0.394 e. The Morgan fingerprint density at radius 2 is 2.00 bits per heavy atom. The van der Waals surface area contributed by atoms with E-state index in [0.717, 1.165) is 0 Å². The number of aliphatic hydroxyl groups excluding tert-OH is 1. The Kier molecular flexibility index (Phi) is 5.39.